The third-order valence-corrected chi connectivity index (χ3v) is 2.98. The maximum atomic E-state index is 11.4. The van der Waals surface area contributed by atoms with Gasteiger partial charge in [0.2, 0.25) is 5.95 Å². The second kappa shape index (κ2) is 4.56. The number of anilines is 1. The van der Waals surface area contributed by atoms with E-state index in [-0.39, 0.29) is 16.7 Å². The monoisotopic (exact) mass is 289 g/mol. The van der Waals surface area contributed by atoms with E-state index >= 15 is 0 Å². The standard InChI is InChI=1S/C10H6Cl3N3O/c11-4-1-2-6(12)5(3-4)8-7(13)9(17)16-10(14)15-8/h1-3H,(H3,14,15,16,17). The molecule has 0 saturated carbocycles. The van der Waals surface area contributed by atoms with Crippen LogP contribution in [0.2, 0.25) is 15.1 Å². The first kappa shape index (κ1) is 12.2. The number of nitrogens with two attached hydrogens (primary N) is 1. The van der Waals surface area contributed by atoms with E-state index in [1.54, 1.807) is 18.2 Å². The molecule has 1 aromatic heterocycles. The summed E-state index contributed by atoms with van der Waals surface area (Å²) in [4.78, 5) is 17.7. The van der Waals surface area contributed by atoms with Crippen LogP contribution >= 0.6 is 34.8 Å². The van der Waals surface area contributed by atoms with E-state index in [2.05, 4.69) is 9.97 Å². The van der Waals surface area contributed by atoms with Gasteiger partial charge in [0.05, 0.1) is 10.7 Å². The summed E-state index contributed by atoms with van der Waals surface area (Å²) >= 11 is 17.7. The van der Waals surface area contributed by atoms with Gasteiger partial charge in [-0.25, -0.2) is 4.98 Å². The van der Waals surface area contributed by atoms with Crippen LogP contribution in [-0.4, -0.2) is 9.97 Å². The van der Waals surface area contributed by atoms with Gasteiger partial charge in [-0.05, 0) is 18.2 Å². The van der Waals surface area contributed by atoms with Crippen molar-refractivity contribution in [3.8, 4) is 11.3 Å². The first-order chi connectivity index (χ1) is 7.99. The van der Waals surface area contributed by atoms with Gasteiger partial charge >= 0.3 is 0 Å². The fourth-order valence-electron chi connectivity index (χ4n) is 1.33. The number of aromatic nitrogens is 2. The zero-order chi connectivity index (χ0) is 12.6. The van der Waals surface area contributed by atoms with Crippen LogP contribution < -0.4 is 11.3 Å². The summed E-state index contributed by atoms with van der Waals surface area (Å²) in [5, 5.41) is 0.762. The summed E-state index contributed by atoms with van der Waals surface area (Å²) in [6.45, 7) is 0. The maximum Gasteiger partial charge on any atom is 0.271 e. The molecule has 0 amide bonds. The molecule has 0 atom stereocenters. The summed E-state index contributed by atoms with van der Waals surface area (Å²) in [7, 11) is 0. The van der Waals surface area contributed by atoms with E-state index in [0.717, 1.165) is 0 Å². The first-order valence-corrected chi connectivity index (χ1v) is 5.63. The summed E-state index contributed by atoms with van der Waals surface area (Å²) < 4.78 is 0. The zero-order valence-electron chi connectivity index (χ0n) is 8.30. The van der Waals surface area contributed by atoms with Gasteiger partial charge in [-0.1, -0.05) is 34.8 Å². The molecule has 0 fully saturated rings. The molecule has 2 aromatic rings. The van der Waals surface area contributed by atoms with Gasteiger partial charge in [-0.3, -0.25) is 9.78 Å². The Morgan fingerprint density at radius 2 is 1.94 bits per heavy atom. The number of hydrogen-bond donors (Lipinski definition) is 2. The van der Waals surface area contributed by atoms with Gasteiger partial charge in [-0.2, -0.15) is 0 Å². The van der Waals surface area contributed by atoms with Crippen molar-refractivity contribution in [3.05, 3.63) is 43.6 Å². The van der Waals surface area contributed by atoms with Crippen molar-refractivity contribution in [1.29, 1.82) is 0 Å². The van der Waals surface area contributed by atoms with Gasteiger partial charge in [-0.15, -0.1) is 0 Å². The molecule has 0 saturated heterocycles. The quantitative estimate of drug-likeness (QED) is 0.848. The Kier molecular flexibility index (Phi) is 3.28. The van der Waals surface area contributed by atoms with Crippen molar-refractivity contribution in [1.82, 2.24) is 9.97 Å². The van der Waals surface area contributed by atoms with Gasteiger partial charge in [0, 0.05) is 10.6 Å². The lowest BCUT2D eigenvalue weighted by molar-refractivity contribution is 1.14. The molecule has 3 N–H and O–H groups in total. The first-order valence-electron chi connectivity index (χ1n) is 4.49. The predicted molar refractivity (Wildman–Crippen MR) is 69.7 cm³/mol. The highest BCUT2D eigenvalue weighted by atomic mass is 35.5. The third kappa shape index (κ3) is 2.39. The highest BCUT2D eigenvalue weighted by Gasteiger charge is 2.13. The lowest BCUT2D eigenvalue weighted by Gasteiger charge is -2.06. The normalized spacial score (nSPS) is 10.5. The molecule has 0 aliphatic rings. The lowest BCUT2D eigenvalue weighted by Crippen LogP contribution is -2.12. The van der Waals surface area contributed by atoms with Crippen LogP contribution in [0.3, 0.4) is 0 Å². The van der Waals surface area contributed by atoms with Crippen molar-refractivity contribution in [3.63, 3.8) is 0 Å². The molecule has 0 spiro atoms. The van der Waals surface area contributed by atoms with Crippen molar-refractivity contribution in [2.75, 3.05) is 5.73 Å². The van der Waals surface area contributed by atoms with E-state index in [4.69, 9.17) is 40.5 Å². The SMILES string of the molecule is Nc1nc(-c2cc(Cl)ccc2Cl)c(Cl)c(=O)[nH]1. The highest BCUT2D eigenvalue weighted by Crippen LogP contribution is 2.32. The van der Waals surface area contributed by atoms with Crippen molar-refractivity contribution < 1.29 is 0 Å². The van der Waals surface area contributed by atoms with Crippen LogP contribution in [0.5, 0.6) is 0 Å². The molecule has 0 unspecified atom stereocenters. The molecule has 1 aromatic carbocycles. The minimum Gasteiger partial charge on any atom is -0.369 e. The number of aromatic amines is 1. The van der Waals surface area contributed by atoms with E-state index < -0.39 is 5.56 Å². The minimum absolute atomic E-state index is 0.0366. The molecular weight excluding hydrogens is 284 g/mol. The Bertz CT molecular complexity index is 639. The van der Waals surface area contributed by atoms with E-state index in [1.807, 2.05) is 0 Å². The number of halogens is 3. The zero-order valence-corrected chi connectivity index (χ0v) is 10.6. The Labute approximate surface area is 111 Å². The fourth-order valence-corrected chi connectivity index (χ4v) is 1.90. The molecule has 0 aliphatic heterocycles. The Hall–Kier alpha value is -1.23. The molecule has 0 aliphatic carbocycles. The maximum absolute atomic E-state index is 11.4. The van der Waals surface area contributed by atoms with Gasteiger partial charge in [0.1, 0.15) is 5.02 Å². The van der Waals surface area contributed by atoms with E-state index in [9.17, 15) is 4.79 Å². The topological polar surface area (TPSA) is 71.8 Å². The van der Waals surface area contributed by atoms with Crippen molar-refractivity contribution in [2.45, 2.75) is 0 Å². The van der Waals surface area contributed by atoms with Gasteiger partial charge in [0.15, 0.2) is 0 Å². The van der Waals surface area contributed by atoms with Crippen molar-refractivity contribution >= 4 is 40.8 Å². The number of benzene rings is 1. The molecule has 2 rings (SSSR count). The highest BCUT2D eigenvalue weighted by molar-refractivity contribution is 6.37. The Morgan fingerprint density at radius 3 is 2.65 bits per heavy atom. The summed E-state index contributed by atoms with van der Waals surface area (Å²) in [6.07, 6.45) is 0. The fraction of sp³-hybridized carbons (Fsp3) is 0. The van der Waals surface area contributed by atoms with Crippen LogP contribution in [0.4, 0.5) is 5.95 Å². The molecule has 7 heteroatoms. The summed E-state index contributed by atoms with van der Waals surface area (Å²) in [5.41, 5.74) is 5.60. The third-order valence-electron chi connectivity index (χ3n) is 2.06. The van der Waals surface area contributed by atoms with Crippen molar-refractivity contribution in [2.24, 2.45) is 0 Å². The molecule has 0 radical (unpaired) electrons. The number of hydrogen-bond acceptors (Lipinski definition) is 3. The van der Waals surface area contributed by atoms with Gasteiger partial charge in [0.25, 0.3) is 5.56 Å². The van der Waals surface area contributed by atoms with Crippen LogP contribution in [0.15, 0.2) is 23.0 Å². The van der Waals surface area contributed by atoms with Crippen LogP contribution in [0, 0.1) is 0 Å². The minimum atomic E-state index is -0.523. The summed E-state index contributed by atoms with van der Waals surface area (Å²) in [6, 6.07) is 4.78. The second-order valence-corrected chi connectivity index (χ2v) is 4.46. The average molecular weight is 291 g/mol. The Balaban J connectivity index is 2.76. The second-order valence-electron chi connectivity index (χ2n) is 3.24. The number of rotatable bonds is 1. The number of nitrogen functional groups attached to an aromatic ring is 1. The predicted octanol–water partition coefficient (Wildman–Crippen LogP) is 2.98. The molecule has 88 valence electrons. The van der Waals surface area contributed by atoms with Crippen LogP contribution in [-0.2, 0) is 0 Å². The molecule has 0 bridgehead atoms. The number of nitrogens with one attached hydrogen (secondary N) is 1. The number of nitrogens with zero attached hydrogens (tertiary/aromatic N) is 1. The molecule has 17 heavy (non-hydrogen) atoms. The molecule has 4 nitrogen and oxygen atoms in total. The van der Waals surface area contributed by atoms with E-state index in [0.29, 0.717) is 15.6 Å². The average Bonchev–Trinajstić information content (AvgIpc) is 2.27. The molecule has 1 heterocycles. The van der Waals surface area contributed by atoms with E-state index in [1.165, 1.54) is 0 Å². The smallest absolute Gasteiger partial charge is 0.271 e. The number of H-pyrrole nitrogens is 1. The largest absolute Gasteiger partial charge is 0.369 e. The molecular formula is C10H6Cl3N3O. The summed E-state index contributed by atoms with van der Waals surface area (Å²) in [5.74, 6) is -0.0366. The van der Waals surface area contributed by atoms with Crippen LogP contribution in [0.25, 0.3) is 11.3 Å². The van der Waals surface area contributed by atoms with Gasteiger partial charge < -0.3 is 5.73 Å². The Morgan fingerprint density at radius 1 is 1.24 bits per heavy atom. The van der Waals surface area contributed by atoms with Crippen LogP contribution in [0.1, 0.15) is 0 Å². The lowest BCUT2D eigenvalue weighted by atomic mass is 10.1.